The van der Waals surface area contributed by atoms with Crippen LogP contribution in [0.3, 0.4) is 0 Å². The molecule has 0 fully saturated rings. The molecule has 0 radical (unpaired) electrons. The fraction of sp³-hybridized carbons (Fsp3) is 0.923. The van der Waals surface area contributed by atoms with E-state index in [9.17, 15) is 4.79 Å². The largest absolute Gasteiger partial charge is 0.379 e. The van der Waals surface area contributed by atoms with Crippen molar-refractivity contribution < 1.29 is 9.53 Å². The molecule has 1 unspecified atom stereocenters. The van der Waals surface area contributed by atoms with Crippen LogP contribution in [0.5, 0.6) is 0 Å². The van der Waals surface area contributed by atoms with E-state index in [-0.39, 0.29) is 11.9 Å². The Morgan fingerprint density at radius 1 is 1.28 bits per heavy atom. The van der Waals surface area contributed by atoms with Gasteiger partial charge in [-0.3, -0.25) is 4.79 Å². The Morgan fingerprint density at radius 3 is 2.61 bits per heavy atom. The molecule has 18 heavy (non-hydrogen) atoms. The molecule has 1 atom stereocenters. The number of ether oxygens (including phenoxy) is 1. The molecule has 108 valence electrons. The topological polar surface area (TPSA) is 53.6 Å². The molecule has 0 saturated carbocycles. The molecular weight excluding hydrogens is 230 g/mol. The van der Waals surface area contributed by atoms with Crippen molar-refractivity contribution in [3.05, 3.63) is 0 Å². The zero-order valence-corrected chi connectivity index (χ0v) is 12.3. The first-order valence-corrected chi connectivity index (χ1v) is 6.81. The number of carbonyl (C=O) groups is 1. The van der Waals surface area contributed by atoms with Crippen molar-refractivity contribution in [3.63, 3.8) is 0 Å². The zero-order chi connectivity index (χ0) is 13.8. The van der Waals surface area contributed by atoms with Gasteiger partial charge in [-0.15, -0.1) is 0 Å². The van der Waals surface area contributed by atoms with E-state index in [4.69, 9.17) is 4.74 Å². The number of amides is 1. The average Bonchev–Trinajstić information content (AvgIpc) is 2.33. The summed E-state index contributed by atoms with van der Waals surface area (Å²) in [6, 6.07) is -0.153. The van der Waals surface area contributed by atoms with E-state index in [2.05, 4.69) is 22.5 Å². The summed E-state index contributed by atoms with van der Waals surface area (Å²) in [6.07, 6.45) is 2.13. The fourth-order valence-electron chi connectivity index (χ4n) is 1.33. The van der Waals surface area contributed by atoms with Crippen molar-refractivity contribution in [2.75, 3.05) is 46.9 Å². The Hall–Kier alpha value is -0.650. The fourth-order valence-corrected chi connectivity index (χ4v) is 1.33. The van der Waals surface area contributed by atoms with E-state index in [1.54, 1.807) is 0 Å². The summed E-state index contributed by atoms with van der Waals surface area (Å²) < 4.78 is 5.44. The van der Waals surface area contributed by atoms with Crippen molar-refractivity contribution >= 4 is 5.91 Å². The van der Waals surface area contributed by atoms with Crippen LogP contribution in [0.1, 0.15) is 26.7 Å². The van der Waals surface area contributed by atoms with Crippen LogP contribution >= 0.6 is 0 Å². The highest BCUT2D eigenvalue weighted by Gasteiger charge is 2.10. The molecular formula is C13H29N3O2. The molecule has 0 saturated heterocycles. The smallest absolute Gasteiger partial charge is 0.236 e. The molecule has 0 bridgehead atoms. The monoisotopic (exact) mass is 259 g/mol. The Bertz CT molecular complexity index is 210. The van der Waals surface area contributed by atoms with E-state index in [1.807, 2.05) is 21.0 Å². The van der Waals surface area contributed by atoms with E-state index < -0.39 is 0 Å². The third-order valence-electron chi connectivity index (χ3n) is 2.60. The lowest BCUT2D eigenvalue weighted by Crippen LogP contribution is -2.43. The van der Waals surface area contributed by atoms with Gasteiger partial charge in [-0.2, -0.15) is 0 Å². The number of unbranched alkanes of at least 4 members (excludes halogenated alkanes) is 1. The van der Waals surface area contributed by atoms with Gasteiger partial charge in [-0.05, 0) is 27.4 Å². The van der Waals surface area contributed by atoms with Crippen LogP contribution in [0, 0.1) is 0 Å². The molecule has 0 rings (SSSR count). The third kappa shape index (κ3) is 10.5. The summed E-state index contributed by atoms with van der Waals surface area (Å²) in [7, 11) is 4.04. The number of hydrogen-bond acceptors (Lipinski definition) is 4. The predicted molar refractivity (Wildman–Crippen MR) is 74.8 cm³/mol. The molecule has 0 heterocycles. The molecule has 0 aliphatic rings. The maximum atomic E-state index is 11.6. The average molecular weight is 259 g/mol. The molecule has 2 N–H and O–H groups in total. The Kier molecular flexibility index (Phi) is 11.0. The minimum Gasteiger partial charge on any atom is -0.379 e. The summed E-state index contributed by atoms with van der Waals surface area (Å²) in [4.78, 5) is 13.7. The van der Waals surface area contributed by atoms with E-state index in [0.717, 1.165) is 32.5 Å². The summed E-state index contributed by atoms with van der Waals surface area (Å²) in [5.41, 5.74) is 0. The summed E-state index contributed by atoms with van der Waals surface area (Å²) >= 11 is 0. The number of nitrogens with zero attached hydrogens (tertiary/aromatic N) is 1. The lowest BCUT2D eigenvalue weighted by atomic mass is 10.3. The van der Waals surface area contributed by atoms with E-state index in [1.165, 1.54) is 0 Å². The van der Waals surface area contributed by atoms with Crippen LogP contribution in [0.25, 0.3) is 0 Å². The van der Waals surface area contributed by atoms with E-state index in [0.29, 0.717) is 13.2 Å². The minimum absolute atomic E-state index is 0.0664. The first kappa shape index (κ1) is 17.4. The highest BCUT2D eigenvalue weighted by molar-refractivity contribution is 5.81. The van der Waals surface area contributed by atoms with Gasteiger partial charge in [0.2, 0.25) is 5.91 Å². The number of nitrogens with one attached hydrogen (secondary N) is 2. The van der Waals surface area contributed by atoms with Gasteiger partial charge in [0, 0.05) is 19.6 Å². The predicted octanol–water partition coefficient (Wildman–Crippen LogP) is 0.459. The second-order valence-electron chi connectivity index (χ2n) is 4.74. The number of carbonyl (C=O) groups excluding carboxylic acids is 1. The van der Waals surface area contributed by atoms with Gasteiger partial charge in [0.15, 0.2) is 0 Å². The third-order valence-corrected chi connectivity index (χ3v) is 2.60. The maximum Gasteiger partial charge on any atom is 0.236 e. The van der Waals surface area contributed by atoms with Crippen LogP contribution in [0.4, 0.5) is 0 Å². The first-order valence-electron chi connectivity index (χ1n) is 6.81. The van der Waals surface area contributed by atoms with Gasteiger partial charge in [0.1, 0.15) is 0 Å². The molecule has 1 amide bonds. The van der Waals surface area contributed by atoms with Crippen LogP contribution in [-0.2, 0) is 9.53 Å². The van der Waals surface area contributed by atoms with Crippen molar-refractivity contribution in [2.24, 2.45) is 0 Å². The SMILES string of the molecule is CCCCNC(=O)C(C)NCCOCCN(C)C. The van der Waals surface area contributed by atoms with Gasteiger partial charge in [-0.25, -0.2) is 0 Å². The van der Waals surface area contributed by atoms with Crippen LogP contribution < -0.4 is 10.6 Å². The molecule has 0 aliphatic heterocycles. The molecule has 5 nitrogen and oxygen atoms in total. The van der Waals surface area contributed by atoms with Crippen LogP contribution in [-0.4, -0.2) is 63.8 Å². The lowest BCUT2D eigenvalue weighted by Gasteiger charge is -2.14. The standard InChI is InChI=1S/C13H29N3O2/c1-5-6-7-15-13(17)12(2)14-8-10-18-11-9-16(3)4/h12,14H,5-11H2,1-4H3,(H,15,17). The maximum absolute atomic E-state index is 11.6. The van der Waals surface area contributed by atoms with E-state index >= 15 is 0 Å². The number of hydrogen-bond donors (Lipinski definition) is 2. The second kappa shape index (κ2) is 11.4. The zero-order valence-electron chi connectivity index (χ0n) is 12.3. The van der Waals surface area contributed by atoms with Crippen molar-refractivity contribution in [3.8, 4) is 0 Å². The van der Waals surface area contributed by atoms with Crippen LogP contribution in [0.2, 0.25) is 0 Å². The molecule has 0 aromatic rings. The molecule has 0 aromatic carbocycles. The Morgan fingerprint density at radius 2 is 2.00 bits per heavy atom. The normalized spacial score (nSPS) is 12.7. The highest BCUT2D eigenvalue weighted by Crippen LogP contribution is 1.86. The minimum atomic E-state index is -0.153. The molecule has 0 aromatic heterocycles. The quantitative estimate of drug-likeness (QED) is 0.529. The van der Waals surface area contributed by atoms with Gasteiger partial charge in [0.05, 0.1) is 19.3 Å². The number of rotatable bonds is 11. The highest BCUT2D eigenvalue weighted by atomic mass is 16.5. The Labute approximate surface area is 111 Å². The Balaban J connectivity index is 3.40. The molecule has 0 aliphatic carbocycles. The van der Waals surface area contributed by atoms with Crippen molar-refractivity contribution in [1.82, 2.24) is 15.5 Å². The van der Waals surface area contributed by atoms with Crippen LogP contribution in [0.15, 0.2) is 0 Å². The molecule has 0 spiro atoms. The van der Waals surface area contributed by atoms with Crippen molar-refractivity contribution in [1.29, 1.82) is 0 Å². The lowest BCUT2D eigenvalue weighted by molar-refractivity contribution is -0.122. The first-order chi connectivity index (χ1) is 8.57. The summed E-state index contributed by atoms with van der Waals surface area (Å²) in [5, 5.41) is 6.05. The summed E-state index contributed by atoms with van der Waals surface area (Å²) in [6.45, 7) is 7.75. The second-order valence-corrected chi connectivity index (χ2v) is 4.74. The number of likely N-dealkylation sites (N-methyl/N-ethyl adjacent to an activating group) is 1. The van der Waals surface area contributed by atoms with Gasteiger partial charge in [-0.1, -0.05) is 13.3 Å². The van der Waals surface area contributed by atoms with Gasteiger partial charge < -0.3 is 20.3 Å². The summed E-state index contributed by atoms with van der Waals surface area (Å²) in [5.74, 6) is 0.0664. The molecule has 5 heteroatoms. The van der Waals surface area contributed by atoms with Gasteiger partial charge >= 0.3 is 0 Å². The van der Waals surface area contributed by atoms with Crippen molar-refractivity contribution in [2.45, 2.75) is 32.7 Å². The van der Waals surface area contributed by atoms with Gasteiger partial charge in [0.25, 0.3) is 0 Å².